The van der Waals surface area contributed by atoms with Crippen LogP contribution in [0, 0.1) is 5.41 Å². The van der Waals surface area contributed by atoms with Crippen LogP contribution in [0.15, 0.2) is 0 Å². The SMILES string of the molecule is CC(OCC(=O)O)C(C)(C)C. The van der Waals surface area contributed by atoms with Crippen LogP contribution < -0.4 is 0 Å². The molecule has 0 aliphatic heterocycles. The van der Waals surface area contributed by atoms with Gasteiger partial charge in [0.15, 0.2) is 0 Å². The van der Waals surface area contributed by atoms with E-state index in [-0.39, 0.29) is 18.1 Å². The molecule has 0 aliphatic carbocycles. The predicted molar refractivity (Wildman–Crippen MR) is 42.5 cm³/mol. The first kappa shape index (κ1) is 10.4. The molecular formula is C8H16O3. The van der Waals surface area contributed by atoms with Crippen LogP contribution in [-0.4, -0.2) is 23.8 Å². The number of ether oxygens (including phenoxy) is 1. The minimum absolute atomic E-state index is 0.00938. The normalized spacial score (nSPS) is 14.5. The van der Waals surface area contributed by atoms with Gasteiger partial charge in [0.25, 0.3) is 0 Å². The third kappa shape index (κ3) is 4.79. The highest BCUT2D eigenvalue weighted by molar-refractivity contribution is 5.68. The van der Waals surface area contributed by atoms with Crippen LogP contribution >= 0.6 is 0 Å². The molecule has 0 aromatic heterocycles. The third-order valence-electron chi connectivity index (χ3n) is 1.68. The van der Waals surface area contributed by atoms with Crippen LogP contribution in [0.4, 0.5) is 0 Å². The Morgan fingerprint density at radius 1 is 1.55 bits per heavy atom. The molecule has 0 spiro atoms. The molecule has 0 fully saturated rings. The van der Waals surface area contributed by atoms with E-state index in [0.717, 1.165) is 0 Å². The molecule has 0 aromatic carbocycles. The first-order valence-corrected chi connectivity index (χ1v) is 3.67. The van der Waals surface area contributed by atoms with Gasteiger partial charge in [-0.25, -0.2) is 4.79 Å². The summed E-state index contributed by atoms with van der Waals surface area (Å²) in [7, 11) is 0. The molecule has 0 radical (unpaired) electrons. The minimum atomic E-state index is -0.916. The van der Waals surface area contributed by atoms with Gasteiger partial charge >= 0.3 is 5.97 Å². The summed E-state index contributed by atoms with van der Waals surface area (Å²) in [4.78, 5) is 10.1. The lowest BCUT2D eigenvalue weighted by Gasteiger charge is -2.26. The summed E-state index contributed by atoms with van der Waals surface area (Å²) in [6.07, 6.45) is -0.0291. The molecule has 3 heteroatoms. The molecule has 11 heavy (non-hydrogen) atoms. The van der Waals surface area contributed by atoms with Gasteiger partial charge in [-0.2, -0.15) is 0 Å². The molecule has 0 aliphatic rings. The maximum Gasteiger partial charge on any atom is 0.329 e. The van der Waals surface area contributed by atoms with Crippen molar-refractivity contribution in [3.05, 3.63) is 0 Å². The van der Waals surface area contributed by atoms with E-state index in [4.69, 9.17) is 9.84 Å². The van der Waals surface area contributed by atoms with E-state index in [0.29, 0.717) is 0 Å². The van der Waals surface area contributed by atoms with Crippen LogP contribution in [0.3, 0.4) is 0 Å². The molecule has 0 heterocycles. The zero-order chi connectivity index (χ0) is 9.07. The molecule has 0 rings (SSSR count). The monoisotopic (exact) mass is 160 g/mol. The molecule has 1 N–H and O–H groups in total. The molecule has 1 unspecified atom stereocenters. The van der Waals surface area contributed by atoms with Crippen molar-refractivity contribution in [2.45, 2.75) is 33.8 Å². The average Bonchev–Trinajstić information content (AvgIpc) is 1.80. The molecule has 3 nitrogen and oxygen atoms in total. The second-order valence-electron chi connectivity index (χ2n) is 3.71. The first-order valence-electron chi connectivity index (χ1n) is 3.67. The van der Waals surface area contributed by atoms with Crippen molar-refractivity contribution in [3.63, 3.8) is 0 Å². The lowest BCUT2D eigenvalue weighted by atomic mass is 9.90. The summed E-state index contributed by atoms with van der Waals surface area (Å²) in [5, 5.41) is 8.30. The Bertz CT molecular complexity index is 135. The van der Waals surface area contributed by atoms with Crippen molar-refractivity contribution in [2.75, 3.05) is 6.61 Å². The maximum atomic E-state index is 10.1. The average molecular weight is 160 g/mol. The number of hydrogen-bond acceptors (Lipinski definition) is 2. The summed E-state index contributed by atoms with van der Waals surface area (Å²) >= 11 is 0. The minimum Gasteiger partial charge on any atom is -0.480 e. The zero-order valence-electron chi connectivity index (χ0n) is 7.55. The van der Waals surface area contributed by atoms with Crippen LogP contribution in [0.25, 0.3) is 0 Å². The van der Waals surface area contributed by atoms with E-state index in [2.05, 4.69) is 0 Å². The van der Waals surface area contributed by atoms with Crippen molar-refractivity contribution in [1.82, 2.24) is 0 Å². The lowest BCUT2D eigenvalue weighted by Crippen LogP contribution is -2.28. The van der Waals surface area contributed by atoms with E-state index >= 15 is 0 Å². The fourth-order valence-electron chi connectivity index (χ4n) is 0.446. The summed E-state index contributed by atoms with van der Waals surface area (Å²) < 4.78 is 5.07. The number of rotatable bonds is 3. The summed E-state index contributed by atoms with van der Waals surface area (Å²) in [6.45, 7) is 7.71. The lowest BCUT2D eigenvalue weighted by molar-refractivity contribution is -0.146. The fraction of sp³-hybridized carbons (Fsp3) is 0.875. The Hall–Kier alpha value is -0.570. The van der Waals surface area contributed by atoms with Gasteiger partial charge in [0.2, 0.25) is 0 Å². The van der Waals surface area contributed by atoms with Gasteiger partial charge in [-0.15, -0.1) is 0 Å². The summed E-state index contributed by atoms with van der Waals surface area (Å²) in [5.41, 5.74) is 0.00938. The van der Waals surface area contributed by atoms with Crippen LogP contribution in [0.1, 0.15) is 27.7 Å². The topological polar surface area (TPSA) is 46.5 Å². The molecule has 0 bridgehead atoms. The van der Waals surface area contributed by atoms with Gasteiger partial charge in [-0.05, 0) is 12.3 Å². The van der Waals surface area contributed by atoms with E-state index in [1.54, 1.807) is 0 Å². The Labute approximate surface area is 67.4 Å². The highest BCUT2D eigenvalue weighted by Crippen LogP contribution is 2.21. The standard InChI is InChI=1S/C8H16O3/c1-6(8(2,3)4)11-5-7(9)10/h6H,5H2,1-4H3,(H,9,10). The Kier molecular flexibility index (Phi) is 3.52. The third-order valence-corrected chi connectivity index (χ3v) is 1.68. The number of carboxylic acid groups (broad SMARTS) is 1. The van der Waals surface area contributed by atoms with Gasteiger partial charge < -0.3 is 9.84 Å². The molecule has 1 atom stereocenters. The molecule has 66 valence electrons. The van der Waals surface area contributed by atoms with Crippen LogP contribution in [0.2, 0.25) is 0 Å². The van der Waals surface area contributed by atoms with Crippen molar-refractivity contribution < 1.29 is 14.6 Å². The van der Waals surface area contributed by atoms with E-state index in [1.165, 1.54) is 0 Å². The number of carbonyl (C=O) groups is 1. The number of hydrogen-bond donors (Lipinski definition) is 1. The quantitative estimate of drug-likeness (QED) is 0.681. The molecule has 0 aromatic rings. The molecule has 0 saturated carbocycles. The molecular weight excluding hydrogens is 144 g/mol. The number of aliphatic carboxylic acids is 1. The van der Waals surface area contributed by atoms with E-state index in [9.17, 15) is 4.79 Å². The smallest absolute Gasteiger partial charge is 0.329 e. The summed E-state index contributed by atoms with van der Waals surface area (Å²) in [5.74, 6) is -0.916. The van der Waals surface area contributed by atoms with Crippen molar-refractivity contribution in [1.29, 1.82) is 0 Å². The molecule has 0 saturated heterocycles. The Balaban J connectivity index is 3.70. The second-order valence-corrected chi connectivity index (χ2v) is 3.71. The first-order chi connectivity index (χ1) is 4.84. The largest absolute Gasteiger partial charge is 0.480 e. The predicted octanol–water partition coefficient (Wildman–Crippen LogP) is 1.52. The van der Waals surface area contributed by atoms with E-state index < -0.39 is 5.97 Å². The Morgan fingerprint density at radius 3 is 2.27 bits per heavy atom. The van der Waals surface area contributed by atoms with Crippen LogP contribution in [-0.2, 0) is 9.53 Å². The highest BCUT2D eigenvalue weighted by Gasteiger charge is 2.20. The van der Waals surface area contributed by atoms with Gasteiger partial charge in [0, 0.05) is 0 Å². The second kappa shape index (κ2) is 3.72. The molecule has 0 amide bonds. The van der Waals surface area contributed by atoms with Crippen molar-refractivity contribution in [2.24, 2.45) is 5.41 Å². The van der Waals surface area contributed by atoms with Crippen molar-refractivity contribution >= 4 is 5.97 Å². The Morgan fingerprint density at radius 2 is 2.00 bits per heavy atom. The van der Waals surface area contributed by atoms with Crippen molar-refractivity contribution in [3.8, 4) is 0 Å². The maximum absolute atomic E-state index is 10.1. The highest BCUT2D eigenvalue weighted by atomic mass is 16.5. The zero-order valence-corrected chi connectivity index (χ0v) is 7.55. The van der Waals surface area contributed by atoms with Gasteiger partial charge in [-0.1, -0.05) is 20.8 Å². The van der Waals surface area contributed by atoms with Crippen LogP contribution in [0.5, 0.6) is 0 Å². The number of carboxylic acids is 1. The fourth-order valence-corrected chi connectivity index (χ4v) is 0.446. The van der Waals surface area contributed by atoms with Gasteiger partial charge in [0.05, 0.1) is 6.10 Å². The van der Waals surface area contributed by atoms with E-state index in [1.807, 2.05) is 27.7 Å². The van der Waals surface area contributed by atoms with Gasteiger partial charge in [-0.3, -0.25) is 0 Å². The van der Waals surface area contributed by atoms with Gasteiger partial charge in [0.1, 0.15) is 6.61 Å². The summed E-state index contributed by atoms with van der Waals surface area (Å²) in [6, 6.07) is 0.